The summed E-state index contributed by atoms with van der Waals surface area (Å²) in [5.41, 5.74) is 0.970. The van der Waals surface area contributed by atoms with Crippen molar-refractivity contribution in [2.75, 3.05) is 0 Å². The van der Waals surface area contributed by atoms with E-state index in [1.54, 1.807) is 12.1 Å². The Morgan fingerprint density at radius 2 is 1.87 bits per heavy atom. The van der Waals surface area contributed by atoms with Crippen molar-refractivity contribution in [1.29, 1.82) is 5.26 Å². The quantitative estimate of drug-likeness (QED) is 0.742. The maximum atomic E-state index is 13.3. The van der Waals surface area contributed by atoms with Crippen LogP contribution in [-0.2, 0) is 12.3 Å². The SMILES string of the molecule is CCCc1ccc(C(F)(F)CC#N)cc1. The predicted octanol–water partition coefficient (Wildman–Crippen LogP) is 3.64. The molecule has 15 heavy (non-hydrogen) atoms. The Morgan fingerprint density at radius 3 is 2.33 bits per heavy atom. The van der Waals surface area contributed by atoms with E-state index in [2.05, 4.69) is 0 Å². The summed E-state index contributed by atoms with van der Waals surface area (Å²) in [6, 6.07) is 7.70. The summed E-state index contributed by atoms with van der Waals surface area (Å²) < 4.78 is 26.5. The summed E-state index contributed by atoms with van der Waals surface area (Å²) in [4.78, 5) is 0. The summed E-state index contributed by atoms with van der Waals surface area (Å²) in [7, 11) is 0. The highest BCUT2D eigenvalue weighted by Crippen LogP contribution is 2.31. The molecular formula is C12H13F2N. The van der Waals surface area contributed by atoms with Crippen LogP contribution in [0.25, 0.3) is 0 Å². The maximum Gasteiger partial charge on any atom is 0.286 e. The average Bonchev–Trinajstić information content (AvgIpc) is 2.19. The van der Waals surface area contributed by atoms with Gasteiger partial charge in [0.15, 0.2) is 0 Å². The number of hydrogen-bond acceptors (Lipinski definition) is 1. The van der Waals surface area contributed by atoms with Crippen molar-refractivity contribution in [3.8, 4) is 6.07 Å². The van der Waals surface area contributed by atoms with Crippen LogP contribution in [0.1, 0.15) is 30.9 Å². The Labute approximate surface area is 88.3 Å². The van der Waals surface area contributed by atoms with Gasteiger partial charge in [-0.3, -0.25) is 0 Å². The normalized spacial score (nSPS) is 11.1. The van der Waals surface area contributed by atoms with E-state index in [1.807, 2.05) is 6.92 Å². The van der Waals surface area contributed by atoms with E-state index in [0.29, 0.717) is 0 Å². The van der Waals surface area contributed by atoms with Gasteiger partial charge in [-0.05, 0) is 12.0 Å². The lowest BCUT2D eigenvalue weighted by molar-refractivity contribution is 0.000937. The molecule has 1 aromatic carbocycles. The molecule has 1 rings (SSSR count). The Bertz CT molecular complexity index is 349. The third kappa shape index (κ3) is 3.02. The number of benzene rings is 1. The Kier molecular flexibility index (Phi) is 3.79. The van der Waals surface area contributed by atoms with Crippen LogP contribution in [0, 0.1) is 11.3 Å². The lowest BCUT2D eigenvalue weighted by Crippen LogP contribution is -2.11. The molecule has 0 bridgehead atoms. The predicted molar refractivity (Wildman–Crippen MR) is 54.6 cm³/mol. The molecule has 0 unspecified atom stereocenters. The first-order valence-electron chi connectivity index (χ1n) is 4.94. The van der Waals surface area contributed by atoms with Crippen molar-refractivity contribution in [2.45, 2.75) is 32.1 Å². The number of alkyl halides is 2. The fraction of sp³-hybridized carbons (Fsp3) is 0.417. The number of nitrogens with zero attached hydrogens (tertiary/aromatic N) is 1. The third-order valence-electron chi connectivity index (χ3n) is 2.22. The number of aryl methyl sites for hydroxylation is 1. The van der Waals surface area contributed by atoms with Gasteiger partial charge in [0.2, 0.25) is 0 Å². The zero-order valence-electron chi connectivity index (χ0n) is 8.63. The molecular weight excluding hydrogens is 196 g/mol. The van der Waals surface area contributed by atoms with Crippen molar-refractivity contribution in [3.05, 3.63) is 35.4 Å². The van der Waals surface area contributed by atoms with Gasteiger partial charge in [-0.2, -0.15) is 5.26 Å². The third-order valence-corrected chi connectivity index (χ3v) is 2.22. The molecule has 0 aliphatic heterocycles. The molecule has 0 aliphatic rings. The van der Waals surface area contributed by atoms with Gasteiger partial charge in [-0.15, -0.1) is 0 Å². The van der Waals surface area contributed by atoms with Crippen LogP contribution in [0.4, 0.5) is 8.78 Å². The van der Waals surface area contributed by atoms with Gasteiger partial charge in [0.1, 0.15) is 6.42 Å². The van der Waals surface area contributed by atoms with Gasteiger partial charge in [0.05, 0.1) is 6.07 Å². The van der Waals surface area contributed by atoms with Crippen LogP contribution < -0.4 is 0 Å². The molecule has 3 heteroatoms. The van der Waals surface area contributed by atoms with E-state index in [-0.39, 0.29) is 5.56 Å². The molecule has 0 saturated heterocycles. The Morgan fingerprint density at radius 1 is 1.27 bits per heavy atom. The van der Waals surface area contributed by atoms with Crippen LogP contribution in [0.15, 0.2) is 24.3 Å². The van der Waals surface area contributed by atoms with Gasteiger partial charge in [0, 0.05) is 5.56 Å². The molecule has 0 spiro atoms. The van der Waals surface area contributed by atoms with Crippen LogP contribution in [0.5, 0.6) is 0 Å². The smallest absolute Gasteiger partial charge is 0.200 e. The van der Waals surface area contributed by atoms with E-state index < -0.39 is 12.3 Å². The fourth-order valence-electron chi connectivity index (χ4n) is 1.41. The minimum atomic E-state index is -3.03. The highest BCUT2D eigenvalue weighted by atomic mass is 19.3. The summed E-state index contributed by atoms with van der Waals surface area (Å²) in [6.07, 6.45) is 1.12. The summed E-state index contributed by atoms with van der Waals surface area (Å²) in [6.45, 7) is 2.04. The molecule has 1 aromatic rings. The Hall–Kier alpha value is -1.43. The standard InChI is InChI=1S/C12H13F2N/c1-2-3-10-4-6-11(7-5-10)12(13,14)8-9-15/h4-7H,2-3,8H2,1H3. The second-order valence-electron chi connectivity index (χ2n) is 3.49. The highest BCUT2D eigenvalue weighted by molar-refractivity contribution is 5.26. The Balaban J connectivity index is 2.84. The maximum absolute atomic E-state index is 13.3. The molecule has 0 fully saturated rings. The van der Waals surface area contributed by atoms with Crippen LogP contribution in [-0.4, -0.2) is 0 Å². The van der Waals surface area contributed by atoms with Crippen molar-refractivity contribution in [3.63, 3.8) is 0 Å². The van der Waals surface area contributed by atoms with E-state index in [9.17, 15) is 8.78 Å². The van der Waals surface area contributed by atoms with Gasteiger partial charge in [-0.1, -0.05) is 37.6 Å². The van der Waals surface area contributed by atoms with E-state index in [4.69, 9.17) is 5.26 Å². The first kappa shape index (κ1) is 11.6. The zero-order valence-corrected chi connectivity index (χ0v) is 8.63. The molecule has 0 aromatic heterocycles. The van der Waals surface area contributed by atoms with Crippen molar-refractivity contribution < 1.29 is 8.78 Å². The minimum Gasteiger partial charge on any atom is -0.200 e. The lowest BCUT2D eigenvalue weighted by atomic mass is 10.0. The van der Waals surface area contributed by atoms with Crippen LogP contribution in [0.2, 0.25) is 0 Å². The first-order chi connectivity index (χ1) is 7.10. The fourth-order valence-corrected chi connectivity index (χ4v) is 1.41. The molecule has 0 heterocycles. The largest absolute Gasteiger partial charge is 0.286 e. The van der Waals surface area contributed by atoms with Crippen LogP contribution in [0.3, 0.4) is 0 Å². The summed E-state index contributed by atoms with van der Waals surface area (Å²) in [5.74, 6) is -3.03. The van der Waals surface area contributed by atoms with Crippen molar-refractivity contribution >= 4 is 0 Å². The number of hydrogen-bond donors (Lipinski definition) is 0. The first-order valence-corrected chi connectivity index (χ1v) is 4.94. The molecule has 80 valence electrons. The van der Waals surface area contributed by atoms with E-state index >= 15 is 0 Å². The van der Waals surface area contributed by atoms with Crippen molar-refractivity contribution in [2.24, 2.45) is 0 Å². The summed E-state index contributed by atoms with van der Waals surface area (Å²) in [5, 5.41) is 8.27. The molecule has 0 aliphatic carbocycles. The highest BCUT2D eigenvalue weighted by Gasteiger charge is 2.30. The molecule has 0 N–H and O–H groups in total. The van der Waals surface area contributed by atoms with Crippen LogP contribution >= 0.6 is 0 Å². The van der Waals surface area contributed by atoms with Gasteiger partial charge >= 0.3 is 0 Å². The number of halogens is 2. The second-order valence-corrected chi connectivity index (χ2v) is 3.49. The second kappa shape index (κ2) is 4.88. The molecule has 1 nitrogen and oxygen atoms in total. The van der Waals surface area contributed by atoms with Gasteiger partial charge in [-0.25, -0.2) is 8.78 Å². The lowest BCUT2D eigenvalue weighted by Gasteiger charge is -2.13. The summed E-state index contributed by atoms with van der Waals surface area (Å²) >= 11 is 0. The van der Waals surface area contributed by atoms with E-state index in [1.165, 1.54) is 18.2 Å². The molecule has 0 saturated carbocycles. The van der Waals surface area contributed by atoms with Crippen molar-refractivity contribution in [1.82, 2.24) is 0 Å². The topological polar surface area (TPSA) is 23.8 Å². The average molecular weight is 209 g/mol. The number of nitriles is 1. The van der Waals surface area contributed by atoms with E-state index in [0.717, 1.165) is 18.4 Å². The molecule has 0 amide bonds. The van der Waals surface area contributed by atoms with Gasteiger partial charge < -0.3 is 0 Å². The zero-order chi connectivity index (χ0) is 11.3. The molecule has 0 radical (unpaired) electrons. The number of rotatable bonds is 4. The minimum absolute atomic E-state index is 0.0797. The van der Waals surface area contributed by atoms with Gasteiger partial charge in [0.25, 0.3) is 5.92 Å². The monoisotopic (exact) mass is 209 g/mol. The molecule has 0 atom stereocenters.